The predicted molar refractivity (Wildman–Crippen MR) is 270 cm³/mol. The molecule has 0 saturated carbocycles. The minimum atomic E-state index is 0.805. The van der Waals surface area contributed by atoms with E-state index >= 15 is 0 Å². The van der Waals surface area contributed by atoms with E-state index in [0.29, 0.717) is 0 Å². The van der Waals surface area contributed by atoms with Crippen LogP contribution in [0.3, 0.4) is 0 Å². The largest absolute Gasteiger partial charge is 0.456 e. The van der Waals surface area contributed by atoms with Gasteiger partial charge in [-0.15, -0.1) is 11.3 Å². The molecule has 5 heterocycles. The summed E-state index contributed by atoms with van der Waals surface area (Å²) in [5.74, 6) is 1.61. The van der Waals surface area contributed by atoms with Crippen molar-refractivity contribution in [1.82, 2.24) is 9.97 Å². The highest BCUT2D eigenvalue weighted by Gasteiger charge is 2.21. The quantitative estimate of drug-likeness (QED) is 0.152. The molecular weight excluding hydrogens is 817 g/mol. The fraction of sp³-hybridized carbons (Fsp3) is 0. The van der Waals surface area contributed by atoms with E-state index in [2.05, 4.69) is 180 Å². The Hall–Kier alpha value is -8.52. The summed E-state index contributed by atoms with van der Waals surface area (Å²) in [4.78, 5) is 14.8. The molecule has 0 fully saturated rings. The van der Waals surface area contributed by atoms with Crippen molar-refractivity contribution in [3.63, 3.8) is 0 Å². The second-order valence-electron chi connectivity index (χ2n) is 16.2. The highest BCUT2D eigenvalue weighted by molar-refractivity contribution is 7.25. The molecular formula is C58H36N4O2S. The molecule has 0 bridgehead atoms. The molecule has 7 heteroatoms. The summed E-state index contributed by atoms with van der Waals surface area (Å²) in [6, 6.07) is 72.0. The van der Waals surface area contributed by atoms with Crippen molar-refractivity contribution in [2.45, 2.75) is 0 Å². The Morgan fingerprint density at radius 2 is 0.677 bits per heavy atom. The topological polar surface area (TPSA) is 58.5 Å². The SMILES string of the molecule is c1ccc(-c2ccc(N(c3ccc4c(c3)oc3ccccc34)c3cc4sc5cc(N(c6ccc(-c7ccccc7)cc6)c6ccc7c(c6)oc6ccccc67)ncc5c4cn3)cc2)cc1. The van der Waals surface area contributed by atoms with Crippen LogP contribution in [-0.2, 0) is 0 Å². The highest BCUT2D eigenvalue weighted by atomic mass is 32.1. The molecule has 0 radical (unpaired) electrons. The van der Waals surface area contributed by atoms with E-state index in [4.69, 9.17) is 18.8 Å². The molecule has 5 aromatic heterocycles. The summed E-state index contributed by atoms with van der Waals surface area (Å²) in [5.41, 5.74) is 11.9. The normalized spacial score (nSPS) is 11.7. The maximum atomic E-state index is 6.40. The summed E-state index contributed by atoms with van der Waals surface area (Å²) in [6.07, 6.45) is 3.98. The van der Waals surface area contributed by atoms with E-state index in [-0.39, 0.29) is 0 Å². The number of hydrogen-bond donors (Lipinski definition) is 0. The van der Waals surface area contributed by atoms with Gasteiger partial charge in [-0.2, -0.15) is 0 Å². The minimum absolute atomic E-state index is 0.805. The molecule has 0 N–H and O–H groups in total. The molecule has 0 atom stereocenters. The summed E-state index contributed by atoms with van der Waals surface area (Å²) in [7, 11) is 0. The van der Waals surface area contributed by atoms with Gasteiger partial charge in [-0.25, -0.2) is 9.97 Å². The number of rotatable bonds is 8. The van der Waals surface area contributed by atoms with Crippen LogP contribution in [0.25, 0.3) is 86.3 Å². The molecule has 65 heavy (non-hydrogen) atoms. The lowest BCUT2D eigenvalue weighted by Crippen LogP contribution is -2.11. The van der Waals surface area contributed by atoms with Crippen molar-refractivity contribution >= 4 is 110 Å². The van der Waals surface area contributed by atoms with Gasteiger partial charge in [-0.05, 0) is 95.1 Å². The van der Waals surface area contributed by atoms with Crippen LogP contribution in [-0.4, -0.2) is 9.97 Å². The summed E-state index contributed by atoms with van der Waals surface area (Å²) in [5, 5.41) is 6.48. The Morgan fingerprint density at radius 3 is 1.12 bits per heavy atom. The Bertz CT molecular complexity index is 3640. The van der Waals surface area contributed by atoms with Gasteiger partial charge in [0.05, 0.1) is 11.4 Å². The monoisotopic (exact) mass is 852 g/mol. The second-order valence-corrected chi connectivity index (χ2v) is 17.3. The lowest BCUT2D eigenvalue weighted by molar-refractivity contribution is 0.668. The number of nitrogens with zero attached hydrogens (tertiary/aromatic N) is 4. The lowest BCUT2D eigenvalue weighted by Gasteiger charge is -2.24. The Morgan fingerprint density at radius 1 is 0.308 bits per heavy atom. The van der Waals surface area contributed by atoms with E-state index < -0.39 is 0 Å². The molecule has 0 saturated heterocycles. The van der Waals surface area contributed by atoms with Gasteiger partial charge in [0.2, 0.25) is 0 Å². The van der Waals surface area contributed by atoms with Gasteiger partial charge in [-0.1, -0.05) is 121 Å². The maximum absolute atomic E-state index is 6.40. The van der Waals surface area contributed by atoms with Gasteiger partial charge in [0.1, 0.15) is 34.0 Å². The van der Waals surface area contributed by atoms with Gasteiger partial charge in [0.25, 0.3) is 0 Å². The molecule has 13 rings (SSSR count). The number of anilines is 6. The number of para-hydroxylation sites is 2. The third kappa shape index (κ3) is 6.40. The van der Waals surface area contributed by atoms with Crippen molar-refractivity contribution < 1.29 is 8.83 Å². The zero-order valence-electron chi connectivity index (χ0n) is 34.8. The number of thiophene rings is 1. The first-order valence-electron chi connectivity index (χ1n) is 21.6. The number of hydrogen-bond acceptors (Lipinski definition) is 7. The van der Waals surface area contributed by atoms with Crippen LogP contribution < -0.4 is 9.80 Å². The Labute approximate surface area is 377 Å². The van der Waals surface area contributed by atoms with E-state index in [0.717, 1.165) is 110 Å². The predicted octanol–water partition coefficient (Wildman–Crippen LogP) is 16.9. The van der Waals surface area contributed by atoms with Crippen LogP contribution in [0.4, 0.5) is 34.4 Å². The zero-order chi connectivity index (χ0) is 42.8. The lowest BCUT2D eigenvalue weighted by atomic mass is 10.0. The Kier molecular flexibility index (Phi) is 8.60. The fourth-order valence-electron chi connectivity index (χ4n) is 9.19. The highest BCUT2D eigenvalue weighted by Crippen LogP contribution is 2.44. The summed E-state index contributed by atoms with van der Waals surface area (Å²) >= 11 is 1.75. The maximum Gasteiger partial charge on any atom is 0.138 e. The van der Waals surface area contributed by atoms with Crippen LogP contribution in [0.1, 0.15) is 0 Å². The molecule has 8 aromatic carbocycles. The van der Waals surface area contributed by atoms with Crippen molar-refractivity contribution in [2.75, 3.05) is 9.80 Å². The first kappa shape index (κ1) is 37.1. The molecule has 306 valence electrons. The van der Waals surface area contributed by atoms with Gasteiger partial charge in [0, 0.05) is 77.6 Å². The van der Waals surface area contributed by atoms with Crippen LogP contribution in [0, 0.1) is 0 Å². The average molecular weight is 853 g/mol. The molecule has 0 spiro atoms. The van der Waals surface area contributed by atoms with Gasteiger partial charge < -0.3 is 8.83 Å². The summed E-state index contributed by atoms with van der Waals surface area (Å²) in [6.45, 7) is 0. The Balaban J connectivity index is 0.929. The molecule has 0 aliphatic carbocycles. The molecule has 6 nitrogen and oxygen atoms in total. The van der Waals surface area contributed by atoms with Crippen molar-refractivity contribution in [3.8, 4) is 22.3 Å². The third-order valence-corrected chi connectivity index (χ3v) is 13.5. The second kappa shape index (κ2) is 15.1. The average Bonchev–Trinajstić information content (AvgIpc) is 4.05. The minimum Gasteiger partial charge on any atom is -0.456 e. The zero-order valence-corrected chi connectivity index (χ0v) is 35.6. The number of furan rings is 2. The van der Waals surface area contributed by atoms with E-state index in [1.165, 1.54) is 11.1 Å². The van der Waals surface area contributed by atoms with Gasteiger partial charge >= 0.3 is 0 Å². The van der Waals surface area contributed by atoms with Crippen molar-refractivity contribution in [2.24, 2.45) is 0 Å². The number of fused-ring (bicyclic) bond motifs is 9. The van der Waals surface area contributed by atoms with E-state index in [9.17, 15) is 0 Å². The molecule has 0 unspecified atom stereocenters. The molecule has 0 aliphatic rings. The van der Waals surface area contributed by atoms with Crippen LogP contribution in [0.15, 0.2) is 227 Å². The number of pyridine rings is 2. The summed E-state index contributed by atoms with van der Waals surface area (Å²) < 4.78 is 15.0. The smallest absolute Gasteiger partial charge is 0.138 e. The number of benzene rings is 8. The van der Waals surface area contributed by atoms with E-state index in [1.807, 2.05) is 48.8 Å². The molecule has 0 aliphatic heterocycles. The van der Waals surface area contributed by atoms with Gasteiger partial charge in [0.15, 0.2) is 0 Å². The standard InChI is InChI=1S/C58H36N4O2S/c1-3-11-37(12-4-1)39-19-23-41(24-20-39)61(43-27-29-47-45-15-7-9-17-51(45)63-53(47)31-43)57-33-55-49(35-59-57)50-36-60-58(34-56(50)65-55)62(42-25-21-40(22-26-42)38-13-5-2-6-14-38)44-28-30-48-46-16-8-10-18-52(46)64-54(48)32-44/h1-36H. The van der Waals surface area contributed by atoms with Crippen LogP contribution in [0.2, 0.25) is 0 Å². The van der Waals surface area contributed by atoms with Crippen LogP contribution >= 0.6 is 11.3 Å². The fourth-order valence-corrected chi connectivity index (χ4v) is 10.3. The van der Waals surface area contributed by atoms with E-state index in [1.54, 1.807) is 11.3 Å². The molecule has 0 amide bonds. The van der Waals surface area contributed by atoms with Crippen LogP contribution in [0.5, 0.6) is 0 Å². The first-order valence-corrected chi connectivity index (χ1v) is 22.4. The number of aromatic nitrogens is 2. The first-order chi connectivity index (χ1) is 32.2. The van der Waals surface area contributed by atoms with Crippen molar-refractivity contribution in [3.05, 3.63) is 219 Å². The van der Waals surface area contributed by atoms with Crippen molar-refractivity contribution in [1.29, 1.82) is 0 Å². The third-order valence-electron chi connectivity index (χ3n) is 12.4. The molecule has 13 aromatic rings. The van der Waals surface area contributed by atoms with Gasteiger partial charge in [-0.3, -0.25) is 9.80 Å².